The SMILES string of the molecule is CCCN1CCOC(C(N)C2CCOCC2)C1. The van der Waals surface area contributed by atoms with Crippen LogP contribution in [0.25, 0.3) is 0 Å². The van der Waals surface area contributed by atoms with E-state index in [1.54, 1.807) is 0 Å². The van der Waals surface area contributed by atoms with Gasteiger partial charge in [-0.1, -0.05) is 6.92 Å². The number of ether oxygens (including phenoxy) is 2. The van der Waals surface area contributed by atoms with Gasteiger partial charge < -0.3 is 15.2 Å². The monoisotopic (exact) mass is 242 g/mol. The number of morpholine rings is 1. The van der Waals surface area contributed by atoms with Crippen LogP contribution in [0.15, 0.2) is 0 Å². The van der Waals surface area contributed by atoms with Gasteiger partial charge in [-0.3, -0.25) is 4.90 Å². The van der Waals surface area contributed by atoms with Crippen LogP contribution in [0.1, 0.15) is 26.2 Å². The molecule has 2 aliphatic rings. The summed E-state index contributed by atoms with van der Waals surface area (Å²) < 4.78 is 11.3. The maximum atomic E-state index is 6.37. The first-order valence-electron chi connectivity index (χ1n) is 6.98. The van der Waals surface area contributed by atoms with Gasteiger partial charge in [-0.2, -0.15) is 0 Å². The standard InChI is InChI=1S/C13H26N2O2/c1-2-5-15-6-9-17-12(10-15)13(14)11-3-7-16-8-4-11/h11-13H,2-10,14H2,1H3. The minimum absolute atomic E-state index is 0.179. The zero-order chi connectivity index (χ0) is 12.1. The van der Waals surface area contributed by atoms with Crippen molar-refractivity contribution in [2.45, 2.75) is 38.3 Å². The highest BCUT2D eigenvalue weighted by molar-refractivity contribution is 4.86. The van der Waals surface area contributed by atoms with Crippen molar-refractivity contribution in [3.05, 3.63) is 0 Å². The molecule has 4 nitrogen and oxygen atoms in total. The molecule has 2 rings (SSSR count). The van der Waals surface area contributed by atoms with Crippen molar-refractivity contribution in [3.63, 3.8) is 0 Å². The summed E-state index contributed by atoms with van der Waals surface area (Å²) in [4.78, 5) is 2.48. The molecule has 0 spiro atoms. The van der Waals surface area contributed by atoms with E-state index in [0.717, 1.165) is 45.8 Å². The van der Waals surface area contributed by atoms with Crippen LogP contribution in [-0.4, -0.2) is 56.5 Å². The Labute approximate surface area is 104 Å². The molecule has 0 radical (unpaired) electrons. The molecule has 2 N–H and O–H groups in total. The highest BCUT2D eigenvalue weighted by Gasteiger charge is 2.31. The van der Waals surface area contributed by atoms with Gasteiger partial charge in [0.05, 0.1) is 12.7 Å². The summed E-state index contributed by atoms with van der Waals surface area (Å²) in [5.74, 6) is 0.579. The van der Waals surface area contributed by atoms with Crippen LogP contribution in [0.4, 0.5) is 0 Å². The van der Waals surface area contributed by atoms with E-state index in [9.17, 15) is 0 Å². The van der Waals surface area contributed by atoms with Gasteiger partial charge in [-0.25, -0.2) is 0 Å². The third kappa shape index (κ3) is 3.65. The van der Waals surface area contributed by atoms with E-state index in [4.69, 9.17) is 15.2 Å². The predicted octanol–water partition coefficient (Wildman–Crippen LogP) is 0.851. The normalized spacial score (nSPS) is 30.4. The first kappa shape index (κ1) is 13.3. The number of hydrogen-bond acceptors (Lipinski definition) is 4. The van der Waals surface area contributed by atoms with Gasteiger partial charge in [0.2, 0.25) is 0 Å². The molecule has 0 bridgehead atoms. The smallest absolute Gasteiger partial charge is 0.0855 e. The molecule has 0 aromatic carbocycles. The zero-order valence-electron chi connectivity index (χ0n) is 10.9. The zero-order valence-corrected chi connectivity index (χ0v) is 10.9. The van der Waals surface area contributed by atoms with Crippen molar-refractivity contribution in [1.82, 2.24) is 4.90 Å². The summed E-state index contributed by atoms with van der Waals surface area (Å²) in [6, 6.07) is 0.179. The van der Waals surface area contributed by atoms with Crippen molar-refractivity contribution < 1.29 is 9.47 Å². The van der Waals surface area contributed by atoms with Crippen molar-refractivity contribution in [3.8, 4) is 0 Å². The fraction of sp³-hybridized carbons (Fsp3) is 1.00. The van der Waals surface area contributed by atoms with Crippen LogP contribution in [0.5, 0.6) is 0 Å². The van der Waals surface area contributed by atoms with Gasteiger partial charge in [-0.15, -0.1) is 0 Å². The molecule has 0 aromatic rings. The van der Waals surface area contributed by atoms with E-state index < -0.39 is 0 Å². The molecule has 2 atom stereocenters. The van der Waals surface area contributed by atoms with Gasteiger partial charge in [0.15, 0.2) is 0 Å². The topological polar surface area (TPSA) is 47.7 Å². The number of nitrogens with zero attached hydrogens (tertiary/aromatic N) is 1. The Bertz CT molecular complexity index is 217. The second-order valence-electron chi connectivity index (χ2n) is 5.24. The van der Waals surface area contributed by atoms with Crippen LogP contribution in [0.2, 0.25) is 0 Å². The lowest BCUT2D eigenvalue weighted by Crippen LogP contribution is -2.54. The number of hydrogen-bond donors (Lipinski definition) is 1. The van der Waals surface area contributed by atoms with E-state index >= 15 is 0 Å². The summed E-state index contributed by atoms with van der Waals surface area (Å²) in [5.41, 5.74) is 6.37. The molecular weight excluding hydrogens is 216 g/mol. The lowest BCUT2D eigenvalue weighted by Gasteiger charge is -2.39. The summed E-state index contributed by atoms with van der Waals surface area (Å²) in [6.07, 6.45) is 3.61. The molecule has 0 amide bonds. The van der Waals surface area contributed by atoms with E-state index in [-0.39, 0.29) is 12.1 Å². The second-order valence-corrected chi connectivity index (χ2v) is 5.24. The van der Waals surface area contributed by atoms with Gasteiger partial charge >= 0.3 is 0 Å². The molecule has 2 fully saturated rings. The number of nitrogens with two attached hydrogens (primary N) is 1. The van der Waals surface area contributed by atoms with E-state index in [0.29, 0.717) is 5.92 Å². The van der Waals surface area contributed by atoms with E-state index in [1.165, 1.54) is 13.0 Å². The minimum atomic E-state index is 0.179. The quantitative estimate of drug-likeness (QED) is 0.794. The van der Waals surface area contributed by atoms with Crippen LogP contribution in [0, 0.1) is 5.92 Å². The van der Waals surface area contributed by atoms with Crippen LogP contribution in [-0.2, 0) is 9.47 Å². The molecule has 0 aliphatic carbocycles. The Morgan fingerprint density at radius 1 is 1.29 bits per heavy atom. The van der Waals surface area contributed by atoms with E-state index in [1.807, 2.05) is 0 Å². The number of rotatable bonds is 4. The van der Waals surface area contributed by atoms with Gasteiger partial charge in [-0.05, 0) is 31.7 Å². The molecule has 100 valence electrons. The Balaban J connectivity index is 1.82. The van der Waals surface area contributed by atoms with Crippen molar-refractivity contribution >= 4 is 0 Å². The van der Waals surface area contributed by atoms with Gasteiger partial charge in [0.25, 0.3) is 0 Å². The fourth-order valence-electron chi connectivity index (χ4n) is 2.89. The maximum absolute atomic E-state index is 6.37. The maximum Gasteiger partial charge on any atom is 0.0855 e. The lowest BCUT2D eigenvalue weighted by atomic mass is 9.88. The highest BCUT2D eigenvalue weighted by atomic mass is 16.5. The Hall–Kier alpha value is -0.160. The first-order chi connectivity index (χ1) is 8.31. The molecule has 2 saturated heterocycles. The van der Waals surface area contributed by atoms with E-state index in [2.05, 4.69) is 11.8 Å². The molecule has 17 heavy (non-hydrogen) atoms. The molecule has 4 heteroatoms. The summed E-state index contributed by atoms with van der Waals surface area (Å²) >= 11 is 0. The molecule has 2 aliphatic heterocycles. The van der Waals surface area contributed by atoms with Gasteiger partial charge in [0, 0.05) is 32.3 Å². The van der Waals surface area contributed by atoms with Gasteiger partial charge in [0.1, 0.15) is 0 Å². The Morgan fingerprint density at radius 2 is 2.06 bits per heavy atom. The molecular formula is C13H26N2O2. The Morgan fingerprint density at radius 3 is 2.76 bits per heavy atom. The van der Waals surface area contributed by atoms with Crippen molar-refractivity contribution in [1.29, 1.82) is 0 Å². The molecule has 0 saturated carbocycles. The predicted molar refractivity (Wildman–Crippen MR) is 68.0 cm³/mol. The fourth-order valence-corrected chi connectivity index (χ4v) is 2.89. The summed E-state index contributed by atoms with van der Waals surface area (Å²) in [5, 5.41) is 0. The third-order valence-corrected chi connectivity index (χ3v) is 3.96. The third-order valence-electron chi connectivity index (χ3n) is 3.96. The van der Waals surface area contributed by atoms with Crippen LogP contribution >= 0.6 is 0 Å². The summed E-state index contributed by atoms with van der Waals surface area (Å²) in [7, 11) is 0. The second kappa shape index (κ2) is 6.69. The average molecular weight is 242 g/mol. The van der Waals surface area contributed by atoms with Crippen molar-refractivity contribution in [2.24, 2.45) is 11.7 Å². The highest BCUT2D eigenvalue weighted by Crippen LogP contribution is 2.22. The lowest BCUT2D eigenvalue weighted by molar-refractivity contribution is -0.0592. The average Bonchev–Trinajstić information content (AvgIpc) is 2.40. The minimum Gasteiger partial charge on any atom is -0.381 e. The Kier molecular flexibility index (Phi) is 5.22. The van der Waals surface area contributed by atoms with Crippen LogP contribution < -0.4 is 5.73 Å². The van der Waals surface area contributed by atoms with Crippen LogP contribution in [0.3, 0.4) is 0 Å². The molecule has 0 aromatic heterocycles. The first-order valence-corrected chi connectivity index (χ1v) is 6.98. The summed E-state index contributed by atoms with van der Waals surface area (Å²) in [6.45, 7) is 8.02. The van der Waals surface area contributed by atoms with Crippen molar-refractivity contribution in [2.75, 3.05) is 39.5 Å². The molecule has 2 unspecified atom stereocenters. The molecule has 2 heterocycles. The largest absolute Gasteiger partial charge is 0.381 e.